The van der Waals surface area contributed by atoms with Gasteiger partial charge in [-0.25, -0.2) is 4.39 Å². The number of anilines is 1. The van der Waals surface area contributed by atoms with E-state index in [1.807, 2.05) is 0 Å². The van der Waals surface area contributed by atoms with E-state index in [0.29, 0.717) is 18.8 Å². The van der Waals surface area contributed by atoms with E-state index in [1.165, 1.54) is 6.07 Å². The maximum atomic E-state index is 13.9. The Balaban J connectivity index is 1.70. The van der Waals surface area contributed by atoms with Crippen LogP contribution < -0.4 is 10.2 Å². The molecule has 1 aliphatic heterocycles. The Hall–Kier alpha value is -1.79. The quantitative estimate of drug-likeness (QED) is 0.944. The van der Waals surface area contributed by atoms with Crippen molar-refractivity contribution in [3.8, 4) is 0 Å². The highest BCUT2D eigenvalue weighted by Crippen LogP contribution is 2.24. The number of nitrogens with zero attached hydrogens (tertiary/aromatic N) is 2. The number of halogens is 1. The maximum absolute atomic E-state index is 13.9. The predicted octanol–water partition coefficient (Wildman–Crippen LogP) is 2.57. The number of amides is 1. The molecule has 1 atom stereocenters. The average molecular weight is 305 g/mol. The van der Waals surface area contributed by atoms with E-state index in [4.69, 9.17) is 0 Å². The molecule has 6 heteroatoms. The average Bonchev–Trinajstić information content (AvgIpc) is 3.00. The molecule has 4 nitrogen and oxygen atoms in total. The van der Waals surface area contributed by atoms with Crippen molar-refractivity contribution in [3.63, 3.8) is 0 Å². The van der Waals surface area contributed by atoms with Crippen molar-refractivity contribution in [2.45, 2.75) is 25.4 Å². The van der Waals surface area contributed by atoms with Gasteiger partial charge in [-0.15, -0.1) is 11.3 Å². The lowest BCUT2D eigenvalue weighted by molar-refractivity contribution is -0.121. The lowest BCUT2D eigenvalue weighted by atomic mass is 10.0. The zero-order chi connectivity index (χ0) is 14.7. The van der Waals surface area contributed by atoms with Gasteiger partial charge >= 0.3 is 0 Å². The number of rotatable bonds is 4. The number of benzene rings is 1. The molecule has 0 aliphatic carbocycles. The molecule has 1 saturated heterocycles. The zero-order valence-electron chi connectivity index (χ0n) is 11.5. The highest BCUT2D eigenvalue weighted by molar-refractivity contribution is 7.09. The Morgan fingerprint density at radius 2 is 2.29 bits per heavy atom. The molecule has 110 valence electrons. The minimum Gasteiger partial charge on any atom is -0.308 e. The number of carbonyl (C=O) groups excluding carboxylic acids is 1. The first kappa shape index (κ1) is 14.2. The van der Waals surface area contributed by atoms with Crippen LogP contribution >= 0.6 is 11.3 Å². The Morgan fingerprint density at radius 3 is 3.05 bits per heavy atom. The molecule has 1 aromatic heterocycles. The predicted molar refractivity (Wildman–Crippen MR) is 80.7 cm³/mol. The molecule has 0 unspecified atom stereocenters. The van der Waals surface area contributed by atoms with Crippen LogP contribution in [0, 0.1) is 5.82 Å². The van der Waals surface area contributed by atoms with Gasteiger partial charge in [-0.3, -0.25) is 9.78 Å². The van der Waals surface area contributed by atoms with Gasteiger partial charge in [-0.1, -0.05) is 12.1 Å². The lowest BCUT2D eigenvalue weighted by Gasteiger charge is -2.32. The molecule has 0 spiro atoms. The number of nitrogens with one attached hydrogen (secondary N) is 1. The van der Waals surface area contributed by atoms with Gasteiger partial charge in [-0.05, 0) is 25.0 Å². The number of carbonyl (C=O) groups is 1. The number of thiazole rings is 1. The Morgan fingerprint density at radius 1 is 1.43 bits per heavy atom. The summed E-state index contributed by atoms with van der Waals surface area (Å²) in [6, 6.07) is 6.16. The van der Waals surface area contributed by atoms with Crippen molar-refractivity contribution in [3.05, 3.63) is 46.7 Å². The van der Waals surface area contributed by atoms with Crippen molar-refractivity contribution >= 4 is 22.9 Å². The van der Waals surface area contributed by atoms with Gasteiger partial charge < -0.3 is 10.2 Å². The van der Waals surface area contributed by atoms with Crippen LogP contribution in [0.4, 0.5) is 10.1 Å². The molecule has 3 rings (SSSR count). The van der Waals surface area contributed by atoms with Crippen LogP contribution in [0.3, 0.4) is 0 Å². The van der Waals surface area contributed by atoms with Crippen LogP contribution in [0.25, 0.3) is 0 Å². The van der Waals surface area contributed by atoms with Crippen LogP contribution in [-0.4, -0.2) is 23.5 Å². The summed E-state index contributed by atoms with van der Waals surface area (Å²) in [6.07, 6.45) is 3.43. The van der Waals surface area contributed by atoms with E-state index >= 15 is 0 Å². The van der Waals surface area contributed by atoms with Crippen molar-refractivity contribution in [1.82, 2.24) is 10.3 Å². The van der Waals surface area contributed by atoms with Crippen molar-refractivity contribution in [1.29, 1.82) is 0 Å². The van der Waals surface area contributed by atoms with Gasteiger partial charge in [0.15, 0.2) is 0 Å². The molecule has 21 heavy (non-hydrogen) atoms. The summed E-state index contributed by atoms with van der Waals surface area (Å²) >= 11 is 1.55. The summed E-state index contributed by atoms with van der Waals surface area (Å²) in [5.74, 6) is -0.412. The largest absolute Gasteiger partial charge is 0.308 e. The second-order valence-corrected chi connectivity index (χ2v) is 5.96. The van der Waals surface area contributed by atoms with Gasteiger partial charge in [0.1, 0.15) is 5.82 Å². The summed E-state index contributed by atoms with van der Waals surface area (Å²) in [7, 11) is 0. The first-order valence-corrected chi connectivity index (χ1v) is 7.80. The molecule has 2 heterocycles. The summed E-state index contributed by atoms with van der Waals surface area (Å²) in [5.41, 5.74) is 2.14. The topological polar surface area (TPSA) is 45.2 Å². The van der Waals surface area contributed by atoms with Crippen molar-refractivity contribution in [2.75, 3.05) is 11.4 Å². The fraction of sp³-hybridized carbons (Fsp3) is 0.333. The van der Waals surface area contributed by atoms with Crippen LogP contribution in [0.1, 0.15) is 17.7 Å². The molecule has 1 aliphatic rings. The summed E-state index contributed by atoms with van der Waals surface area (Å²) in [4.78, 5) is 19.2. The third-order valence-corrected chi connectivity index (χ3v) is 4.37. The summed E-state index contributed by atoms with van der Waals surface area (Å²) in [6.45, 7) is 1.19. The minimum atomic E-state index is -0.353. The highest BCUT2D eigenvalue weighted by Gasteiger charge is 2.30. The molecule has 1 amide bonds. The van der Waals surface area contributed by atoms with Crippen LogP contribution in [-0.2, 0) is 11.3 Å². The third kappa shape index (κ3) is 3.11. The van der Waals surface area contributed by atoms with E-state index in [2.05, 4.69) is 10.3 Å². The molecule has 0 radical (unpaired) electrons. The zero-order valence-corrected chi connectivity index (χ0v) is 12.3. The maximum Gasteiger partial charge on any atom is 0.244 e. The number of para-hydroxylation sites is 1. The van der Waals surface area contributed by atoms with E-state index in [-0.39, 0.29) is 17.8 Å². The smallest absolute Gasteiger partial charge is 0.244 e. The van der Waals surface area contributed by atoms with E-state index in [1.54, 1.807) is 46.1 Å². The van der Waals surface area contributed by atoms with E-state index in [0.717, 1.165) is 17.7 Å². The van der Waals surface area contributed by atoms with Gasteiger partial charge in [-0.2, -0.15) is 0 Å². The fourth-order valence-corrected chi connectivity index (χ4v) is 3.07. The standard InChI is InChI=1S/C15H16FN3OS/c16-12-4-1-2-6-14(12)19-7-3-5-13(15(19)20)18-9-11-8-17-10-21-11/h1-2,4,6,8,10,13,18H,3,5,7,9H2/t13-/m1/s1. The number of piperidine rings is 1. The SMILES string of the molecule is O=C1[C@H](NCc2cncs2)CCCN1c1ccccc1F. The van der Waals surface area contributed by atoms with E-state index in [9.17, 15) is 9.18 Å². The fourth-order valence-electron chi connectivity index (χ4n) is 2.53. The Bertz CT molecular complexity index is 617. The van der Waals surface area contributed by atoms with Gasteiger partial charge in [0.2, 0.25) is 5.91 Å². The van der Waals surface area contributed by atoms with Gasteiger partial charge in [0.05, 0.1) is 17.2 Å². The first-order valence-electron chi connectivity index (χ1n) is 6.92. The number of hydrogen-bond donors (Lipinski definition) is 1. The Labute approximate surface area is 126 Å². The molecule has 1 N–H and O–H groups in total. The first-order chi connectivity index (χ1) is 10.3. The van der Waals surface area contributed by atoms with Crippen LogP contribution in [0.5, 0.6) is 0 Å². The number of hydrogen-bond acceptors (Lipinski definition) is 4. The van der Waals surface area contributed by atoms with E-state index < -0.39 is 0 Å². The second kappa shape index (κ2) is 6.32. The molecule has 0 saturated carbocycles. The highest BCUT2D eigenvalue weighted by atomic mass is 32.1. The van der Waals surface area contributed by atoms with Gasteiger partial charge in [0, 0.05) is 24.2 Å². The minimum absolute atomic E-state index is 0.0594. The van der Waals surface area contributed by atoms with Crippen LogP contribution in [0.2, 0.25) is 0 Å². The number of aromatic nitrogens is 1. The normalized spacial score (nSPS) is 19.0. The molecule has 1 aromatic carbocycles. The van der Waals surface area contributed by atoms with Crippen molar-refractivity contribution < 1.29 is 9.18 Å². The third-order valence-electron chi connectivity index (χ3n) is 3.59. The Kier molecular flexibility index (Phi) is 4.26. The van der Waals surface area contributed by atoms with Crippen LogP contribution in [0.15, 0.2) is 36.0 Å². The van der Waals surface area contributed by atoms with Gasteiger partial charge in [0.25, 0.3) is 0 Å². The lowest BCUT2D eigenvalue weighted by Crippen LogP contribution is -2.50. The summed E-state index contributed by atoms with van der Waals surface area (Å²) in [5, 5.41) is 3.25. The second-order valence-electron chi connectivity index (χ2n) is 4.98. The molecular weight excluding hydrogens is 289 g/mol. The molecule has 2 aromatic rings. The summed E-state index contributed by atoms with van der Waals surface area (Å²) < 4.78 is 13.9. The molecule has 1 fully saturated rings. The van der Waals surface area contributed by atoms with Crippen molar-refractivity contribution in [2.24, 2.45) is 0 Å². The monoisotopic (exact) mass is 305 g/mol. The molecular formula is C15H16FN3OS. The molecule has 0 bridgehead atoms.